The molecule has 1 heterocycles. The van der Waals surface area contributed by atoms with Crippen LogP contribution in [0.2, 0.25) is 0 Å². The molecule has 1 amide bonds. The Hall–Kier alpha value is -1.55. The SMILES string of the molecule is CCNC(=NCc1ccc(OCCCN(C)C)cc1)N1CCCC(CC(N)=O)C1.I. The Bertz CT molecular complexity index is 651. The van der Waals surface area contributed by atoms with Crippen molar-refractivity contribution in [2.75, 3.05) is 46.9 Å². The maximum Gasteiger partial charge on any atom is 0.217 e. The summed E-state index contributed by atoms with van der Waals surface area (Å²) in [7, 11) is 4.14. The smallest absolute Gasteiger partial charge is 0.217 e. The van der Waals surface area contributed by atoms with E-state index in [0.29, 0.717) is 18.9 Å². The molecule has 0 radical (unpaired) electrons. The molecular formula is C22H38IN5O2. The summed E-state index contributed by atoms with van der Waals surface area (Å²) in [5, 5.41) is 3.38. The highest BCUT2D eigenvalue weighted by Gasteiger charge is 2.23. The summed E-state index contributed by atoms with van der Waals surface area (Å²) in [6.45, 7) is 7.03. The largest absolute Gasteiger partial charge is 0.494 e. The molecule has 2 rings (SSSR count). The van der Waals surface area contributed by atoms with Gasteiger partial charge in [0.05, 0.1) is 13.2 Å². The van der Waals surface area contributed by atoms with Crippen molar-refractivity contribution in [3.8, 4) is 5.75 Å². The zero-order valence-corrected chi connectivity index (χ0v) is 20.9. The number of nitrogens with two attached hydrogens (primary N) is 1. The number of carbonyl (C=O) groups is 1. The van der Waals surface area contributed by atoms with Crippen molar-refractivity contribution in [1.29, 1.82) is 0 Å². The van der Waals surface area contributed by atoms with Gasteiger partial charge in [0.2, 0.25) is 5.91 Å². The number of nitrogens with zero attached hydrogens (tertiary/aromatic N) is 3. The molecular weight excluding hydrogens is 493 g/mol. The van der Waals surface area contributed by atoms with Gasteiger partial charge >= 0.3 is 0 Å². The summed E-state index contributed by atoms with van der Waals surface area (Å²) in [6, 6.07) is 8.16. The van der Waals surface area contributed by atoms with E-state index in [0.717, 1.165) is 69.3 Å². The number of ether oxygens (including phenoxy) is 1. The van der Waals surface area contributed by atoms with E-state index in [1.54, 1.807) is 0 Å². The minimum absolute atomic E-state index is 0. The topological polar surface area (TPSA) is 83.2 Å². The molecule has 170 valence electrons. The minimum atomic E-state index is -0.220. The lowest BCUT2D eigenvalue weighted by molar-refractivity contribution is -0.119. The fourth-order valence-corrected chi connectivity index (χ4v) is 3.56. The molecule has 1 aliphatic rings. The second-order valence-electron chi connectivity index (χ2n) is 7.94. The number of carbonyl (C=O) groups excluding carboxylic acids is 1. The number of benzene rings is 1. The van der Waals surface area contributed by atoms with Gasteiger partial charge in [0.1, 0.15) is 5.75 Å². The Morgan fingerprint density at radius 3 is 2.70 bits per heavy atom. The first-order valence-electron chi connectivity index (χ1n) is 10.7. The monoisotopic (exact) mass is 531 g/mol. The Kier molecular flexibility index (Phi) is 12.8. The highest BCUT2D eigenvalue weighted by Crippen LogP contribution is 2.20. The van der Waals surface area contributed by atoms with Gasteiger partial charge in [0.25, 0.3) is 0 Å². The van der Waals surface area contributed by atoms with E-state index in [9.17, 15) is 4.79 Å². The zero-order valence-electron chi connectivity index (χ0n) is 18.6. The van der Waals surface area contributed by atoms with Crippen LogP contribution in [0.1, 0.15) is 38.2 Å². The number of aliphatic imine (C=N–C) groups is 1. The predicted octanol–water partition coefficient (Wildman–Crippen LogP) is 2.69. The van der Waals surface area contributed by atoms with Crippen molar-refractivity contribution in [3.63, 3.8) is 0 Å². The molecule has 1 fully saturated rings. The number of halogens is 1. The summed E-state index contributed by atoms with van der Waals surface area (Å²) in [4.78, 5) is 20.5. The third-order valence-corrected chi connectivity index (χ3v) is 5.00. The number of hydrogen-bond donors (Lipinski definition) is 2. The Balaban J connectivity index is 0.00000450. The van der Waals surface area contributed by atoms with Crippen LogP contribution >= 0.6 is 24.0 Å². The summed E-state index contributed by atoms with van der Waals surface area (Å²) in [6.07, 6.45) is 3.57. The molecule has 0 spiro atoms. The Labute approximate surface area is 198 Å². The molecule has 1 saturated heterocycles. The lowest BCUT2D eigenvalue weighted by atomic mass is 9.95. The quantitative estimate of drug-likeness (QED) is 0.210. The van der Waals surface area contributed by atoms with Crippen molar-refractivity contribution in [2.24, 2.45) is 16.6 Å². The molecule has 8 heteroatoms. The highest BCUT2D eigenvalue weighted by atomic mass is 127. The van der Waals surface area contributed by atoms with E-state index in [-0.39, 0.29) is 29.9 Å². The first kappa shape index (κ1) is 26.5. The second kappa shape index (κ2) is 14.5. The van der Waals surface area contributed by atoms with E-state index in [1.807, 2.05) is 12.1 Å². The maximum absolute atomic E-state index is 11.3. The lowest BCUT2D eigenvalue weighted by Crippen LogP contribution is -2.47. The molecule has 0 aliphatic carbocycles. The van der Waals surface area contributed by atoms with Crippen molar-refractivity contribution in [3.05, 3.63) is 29.8 Å². The summed E-state index contributed by atoms with van der Waals surface area (Å²) < 4.78 is 5.79. The first-order chi connectivity index (χ1) is 14.0. The van der Waals surface area contributed by atoms with Crippen molar-refractivity contribution in [2.45, 2.75) is 39.2 Å². The predicted molar refractivity (Wildman–Crippen MR) is 133 cm³/mol. The average molecular weight is 531 g/mol. The number of likely N-dealkylation sites (tertiary alicyclic amines) is 1. The molecule has 0 bridgehead atoms. The molecule has 30 heavy (non-hydrogen) atoms. The lowest BCUT2D eigenvalue weighted by Gasteiger charge is -2.34. The van der Waals surface area contributed by atoms with Gasteiger partial charge in [0.15, 0.2) is 5.96 Å². The zero-order chi connectivity index (χ0) is 21.1. The van der Waals surface area contributed by atoms with E-state index in [4.69, 9.17) is 15.5 Å². The van der Waals surface area contributed by atoms with Gasteiger partial charge in [-0.1, -0.05) is 12.1 Å². The van der Waals surface area contributed by atoms with Crippen LogP contribution in [-0.2, 0) is 11.3 Å². The number of hydrogen-bond acceptors (Lipinski definition) is 4. The molecule has 1 aromatic carbocycles. The molecule has 1 aliphatic heterocycles. The van der Waals surface area contributed by atoms with E-state index in [2.05, 4.69) is 48.3 Å². The van der Waals surface area contributed by atoms with E-state index in [1.165, 1.54) is 0 Å². The number of piperidine rings is 1. The van der Waals surface area contributed by atoms with Gasteiger partial charge in [-0.3, -0.25) is 4.79 Å². The molecule has 1 unspecified atom stereocenters. The number of primary amides is 1. The average Bonchev–Trinajstić information content (AvgIpc) is 2.69. The second-order valence-corrected chi connectivity index (χ2v) is 7.94. The van der Waals surface area contributed by atoms with E-state index < -0.39 is 0 Å². The van der Waals surface area contributed by atoms with Crippen molar-refractivity contribution >= 4 is 35.8 Å². The summed E-state index contributed by atoms with van der Waals surface area (Å²) >= 11 is 0. The third kappa shape index (κ3) is 9.97. The van der Waals surface area contributed by atoms with Gasteiger partial charge in [-0.25, -0.2) is 4.99 Å². The normalized spacial score (nSPS) is 16.9. The molecule has 3 N–H and O–H groups in total. The summed E-state index contributed by atoms with van der Waals surface area (Å²) in [5.41, 5.74) is 6.53. The third-order valence-electron chi connectivity index (χ3n) is 5.00. The van der Waals surface area contributed by atoms with Crippen LogP contribution in [0.5, 0.6) is 5.75 Å². The van der Waals surface area contributed by atoms with Crippen LogP contribution in [0.15, 0.2) is 29.3 Å². The molecule has 7 nitrogen and oxygen atoms in total. The van der Waals surface area contributed by atoms with E-state index >= 15 is 0 Å². The molecule has 0 aromatic heterocycles. The van der Waals surface area contributed by atoms with Crippen molar-refractivity contribution in [1.82, 2.24) is 15.1 Å². The van der Waals surface area contributed by atoms with Crippen LogP contribution in [0, 0.1) is 5.92 Å². The van der Waals surface area contributed by atoms with Gasteiger partial charge in [0, 0.05) is 32.6 Å². The number of amides is 1. The fraction of sp³-hybridized carbons (Fsp3) is 0.636. The fourth-order valence-electron chi connectivity index (χ4n) is 3.56. The van der Waals surface area contributed by atoms with Gasteiger partial charge < -0.3 is 25.6 Å². The summed E-state index contributed by atoms with van der Waals surface area (Å²) in [5.74, 6) is 1.90. The van der Waals surface area contributed by atoms with Gasteiger partial charge in [-0.05, 0) is 63.9 Å². The number of nitrogens with one attached hydrogen (secondary N) is 1. The molecule has 0 saturated carbocycles. The van der Waals surface area contributed by atoms with Crippen LogP contribution in [0.3, 0.4) is 0 Å². The van der Waals surface area contributed by atoms with Crippen LogP contribution in [0.4, 0.5) is 0 Å². The first-order valence-corrected chi connectivity index (χ1v) is 10.7. The highest BCUT2D eigenvalue weighted by molar-refractivity contribution is 14.0. The van der Waals surface area contributed by atoms with Gasteiger partial charge in [-0.15, -0.1) is 24.0 Å². The van der Waals surface area contributed by atoms with Crippen molar-refractivity contribution < 1.29 is 9.53 Å². The Morgan fingerprint density at radius 2 is 2.07 bits per heavy atom. The maximum atomic E-state index is 11.3. The standard InChI is InChI=1S/C22H37N5O2.HI/c1-4-24-22(27-13-5-7-19(17-27)15-21(23)28)25-16-18-8-10-20(11-9-18)29-14-6-12-26(2)3;/h8-11,19H,4-7,12-17H2,1-3H3,(H2,23,28)(H,24,25);1H. The van der Waals surface area contributed by atoms with Crippen LogP contribution in [0.25, 0.3) is 0 Å². The molecule has 1 atom stereocenters. The minimum Gasteiger partial charge on any atom is -0.494 e. The van der Waals surface area contributed by atoms with Crippen LogP contribution in [-0.4, -0.2) is 68.5 Å². The van der Waals surface area contributed by atoms with Gasteiger partial charge in [-0.2, -0.15) is 0 Å². The number of rotatable bonds is 10. The van der Waals surface area contributed by atoms with Crippen LogP contribution < -0.4 is 15.8 Å². The molecule has 1 aromatic rings. The number of guanidine groups is 1. The Morgan fingerprint density at radius 1 is 1.33 bits per heavy atom.